The van der Waals surface area contributed by atoms with Gasteiger partial charge in [0.2, 0.25) is 0 Å². The average molecular weight is 271 g/mol. The number of aliphatic hydroxyl groups is 1. The van der Waals surface area contributed by atoms with Crippen LogP contribution in [0.25, 0.3) is 5.69 Å². The summed E-state index contributed by atoms with van der Waals surface area (Å²) in [5, 5.41) is 13.1. The zero-order valence-electron chi connectivity index (χ0n) is 11.8. The van der Waals surface area contributed by atoms with E-state index in [2.05, 4.69) is 41.5 Å². The minimum atomic E-state index is -0.136. The molecule has 3 rings (SSSR count). The number of rotatable bonds is 6. The van der Waals surface area contributed by atoms with Crippen molar-refractivity contribution >= 4 is 0 Å². The Bertz CT molecular complexity index is 546. The van der Waals surface area contributed by atoms with Crippen molar-refractivity contribution < 1.29 is 5.11 Å². The third kappa shape index (κ3) is 2.76. The Morgan fingerprint density at radius 1 is 1.35 bits per heavy atom. The SMILES string of the molecule is CC(CO)(NCc1ccc(-n2ccnc2)cc1)C1CC1. The highest BCUT2D eigenvalue weighted by atomic mass is 16.3. The number of imidazole rings is 1. The average Bonchev–Trinajstić information content (AvgIpc) is 3.21. The molecule has 20 heavy (non-hydrogen) atoms. The van der Waals surface area contributed by atoms with Crippen LogP contribution in [-0.4, -0.2) is 26.8 Å². The van der Waals surface area contributed by atoms with Crippen molar-refractivity contribution in [2.45, 2.75) is 31.8 Å². The van der Waals surface area contributed by atoms with Gasteiger partial charge in [-0.25, -0.2) is 4.98 Å². The first-order valence-electron chi connectivity index (χ1n) is 7.14. The van der Waals surface area contributed by atoms with Gasteiger partial charge in [0, 0.05) is 30.2 Å². The summed E-state index contributed by atoms with van der Waals surface area (Å²) >= 11 is 0. The molecule has 1 aliphatic carbocycles. The van der Waals surface area contributed by atoms with Gasteiger partial charge in [0.25, 0.3) is 0 Å². The Kier molecular flexibility index (Phi) is 3.59. The molecule has 0 aliphatic heterocycles. The normalized spacial score (nSPS) is 17.9. The highest BCUT2D eigenvalue weighted by molar-refractivity contribution is 5.34. The minimum Gasteiger partial charge on any atom is -0.394 e. The molecule has 106 valence electrons. The molecular formula is C16H21N3O. The molecule has 1 heterocycles. The largest absolute Gasteiger partial charge is 0.394 e. The fourth-order valence-corrected chi connectivity index (χ4v) is 2.55. The summed E-state index contributed by atoms with van der Waals surface area (Å²) in [6, 6.07) is 8.41. The van der Waals surface area contributed by atoms with E-state index >= 15 is 0 Å². The van der Waals surface area contributed by atoms with Crippen molar-refractivity contribution in [3.63, 3.8) is 0 Å². The minimum absolute atomic E-state index is 0.136. The summed E-state index contributed by atoms with van der Waals surface area (Å²) in [4.78, 5) is 4.05. The molecule has 1 fully saturated rings. The lowest BCUT2D eigenvalue weighted by Crippen LogP contribution is -2.47. The molecule has 1 atom stereocenters. The Labute approximate surface area is 119 Å². The Hall–Kier alpha value is -1.65. The van der Waals surface area contributed by atoms with E-state index in [1.54, 1.807) is 12.5 Å². The number of hydrogen-bond acceptors (Lipinski definition) is 3. The van der Waals surface area contributed by atoms with Gasteiger partial charge in [-0.3, -0.25) is 0 Å². The number of nitrogens with one attached hydrogen (secondary N) is 1. The van der Waals surface area contributed by atoms with Crippen LogP contribution in [0, 0.1) is 5.92 Å². The fourth-order valence-electron chi connectivity index (χ4n) is 2.55. The second-order valence-electron chi connectivity index (χ2n) is 5.84. The molecule has 0 spiro atoms. The van der Waals surface area contributed by atoms with Crippen LogP contribution in [0.2, 0.25) is 0 Å². The van der Waals surface area contributed by atoms with Gasteiger partial charge in [-0.15, -0.1) is 0 Å². The van der Waals surface area contributed by atoms with Gasteiger partial charge in [0.1, 0.15) is 0 Å². The standard InChI is InChI=1S/C16H21N3O/c1-16(11-20,14-4-5-14)18-10-13-2-6-15(7-3-13)19-9-8-17-12-19/h2-3,6-9,12,14,18,20H,4-5,10-11H2,1H3. The molecule has 1 saturated carbocycles. The molecule has 1 aromatic heterocycles. The number of benzene rings is 1. The highest BCUT2D eigenvalue weighted by Gasteiger charge is 2.40. The molecule has 2 N–H and O–H groups in total. The van der Waals surface area contributed by atoms with Crippen molar-refractivity contribution in [1.82, 2.24) is 14.9 Å². The van der Waals surface area contributed by atoms with E-state index in [1.807, 2.05) is 10.8 Å². The first-order chi connectivity index (χ1) is 9.71. The first kappa shape index (κ1) is 13.3. The summed E-state index contributed by atoms with van der Waals surface area (Å²) < 4.78 is 1.99. The van der Waals surface area contributed by atoms with Crippen LogP contribution >= 0.6 is 0 Å². The van der Waals surface area contributed by atoms with Crippen molar-refractivity contribution in [3.05, 3.63) is 48.5 Å². The van der Waals surface area contributed by atoms with E-state index < -0.39 is 0 Å². The topological polar surface area (TPSA) is 50.1 Å². The molecule has 0 radical (unpaired) electrons. The molecule has 1 aromatic carbocycles. The molecule has 0 amide bonds. The van der Waals surface area contributed by atoms with E-state index in [1.165, 1.54) is 18.4 Å². The van der Waals surface area contributed by atoms with Crippen LogP contribution in [0.1, 0.15) is 25.3 Å². The second-order valence-corrected chi connectivity index (χ2v) is 5.84. The maximum absolute atomic E-state index is 9.57. The van der Waals surface area contributed by atoms with Crippen LogP contribution in [0.15, 0.2) is 43.0 Å². The zero-order valence-corrected chi connectivity index (χ0v) is 11.8. The van der Waals surface area contributed by atoms with E-state index in [9.17, 15) is 5.11 Å². The lowest BCUT2D eigenvalue weighted by molar-refractivity contribution is 0.153. The Morgan fingerprint density at radius 2 is 2.10 bits per heavy atom. The van der Waals surface area contributed by atoms with Gasteiger partial charge < -0.3 is 15.0 Å². The predicted molar refractivity (Wildman–Crippen MR) is 78.6 cm³/mol. The highest BCUT2D eigenvalue weighted by Crippen LogP contribution is 2.39. The second kappa shape index (κ2) is 5.38. The number of aliphatic hydroxyl groups excluding tert-OH is 1. The number of aromatic nitrogens is 2. The molecule has 4 nitrogen and oxygen atoms in total. The molecule has 4 heteroatoms. The Balaban J connectivity index is 1.63. The molecule has 0 bridgehead atoms. The molecule has 1 unspecified atom stereocenters. The van der Waals surface area contributed by atoms with Gasteiger partial charge >= 0.3 is 0 Å². The lowest BCUT2D eigenvalue weighted by Gasteiger charge is -2.29. The zero-order chi connectivity index (χ0) is 14.0. The van der Waals surface area contributed by atoms with Gasteiger partial charge in [-0.1, -0.05) is 12.1 Å². The molecular weight excluding hydrogens is 250 g/mol. The summed E-state index contributed by atoms with van der Waals surface area (Å²) in [5.74, 6) is 0.623. The van der Waals surface area contributed by atoms with Gasteiger partial charge in [-0.2, -0.15) is 0 Å². The summed E-state index contributed by atoms with van der Waals surface area (Å²) in [6.45, 7) is 3.10. The maximum Gasteiger partial charge on any atom is 0.0991 e. The first-order valence-corrected chi connectivity index (χ1v) is 7.14. The third-order valence-corrected chi connectivity index (χ3v) is 4.24. The van der Waals surface area contributed by atoms with Crippen molar-refractivity contribution in [2.24, 2.45) is 5.92 Å². The molecule has 0 saturated heterocycles. The van der Waals surface area contributed by atoms with Crippen molar-refractivity contribution in [1.29, 1.82) is 0 Å². The lowest BCUT2D eigenvalue weighted by atomic mass is 9.96. The van der Waals surface area contributed by atoms with Gasteiger partial charge in [-0.05, 0) is 43.4 Å². The Morgan fingerprint density at radius 3 is 2.65 bits per heavy atom. The molecule has 2 aromatic rings. The van der Waals surface area contributed by atoms with E-state index in [-0.39, 0.29) is 12.1 Å². The third-order valence-electron chi connectivity index (χ3n) is 4.24. The quantitative estimate of drug-likeness (QED) is 0.846. The molecule has 1 aliphatic rings. The van der Waals surface area contributed by atoms with E-state index in [4.69, 9.17) is 0 Å². The number of hydrogen-bond donors (Lipinski definition) is 2. The van der Waals surface area contributed by atoms with Crippen molar-refractivity contribution in [2.75, 3.05) is 6.61 Å². The summed E-state index contributed by atoms with van der Waals surface area (Å²) in [5.41, 5.74) is 2.20. The number of nitrogens with zero attached hydrogens (tertiary/aromatic N) is 2. The summed E-state index contributed by atoms with van der Waals surface area (Å²) in [7, 11) is 0. The monoisotopic (exact) mass is 271 g/mol. The van der Waals surface area contributed by atoms with Crippen LogP contribution in [0.3, 0.4) is 0 Å². The summed E-state index contributed by atoms with van der Waals surface area (Å²) in [6.07, 6.45) is 7.96. The van der Waals surface area contributed by atoms with Gasteiger partial charge in [0.05, 0.1) is 12.9 Å². The van der Waals surface area contributed by atoms with E-state index in [0.29, 0.717) is 5.92 Å². The smallest absolute Gasteiger partial charge is 0.0991 e. The fraction of sp³-hybridized carbons (Fsp3) is 0.438. The van der Waals surface area contributed by atoms with Crippen LogP contribution in [0.4, 0.5) is 0 Å². The van der Waals surface area contributed by atoms with E-state index in [0.717, 1.165) is 12.2 Å². The van der Waals surface area contributed by atoms with Crippen LogP contribution in [-0.2, 0) is 6.54 Å². The predicted octanol–water partition coefficient (Wildman–Crippen LogP) is 2.12. The maximum atomic E-state index is 9.57. The van der Waals surface area contributed by atoms with Crippen LogP contribution in [0.5, 0.6) is 0 Å². The van der Waals surface area contributed by atoms with Crippen LogP contribution < -0.4 is 5.32 Å². The van der Waals surface area contributed by atoms with Gasteiger partial charge in [0.15, 0.2) is 0 Å². The van der Waals surface area contributed by atoms with Crippen molar-refractivity contribution in [3.8, 4) is 5.69 Å².